The van der Waals surface area contributed by atoms with Gasteiger partial charge in [-0.2, -0.15) is 11.8 Å². The highest BCUT2D eigenvalue weighted by atomic mass is 32.2. The number of hydrogen-bond donors (Lipinski definition) is 2. The molecular weight excluding hydrogens is 250 g/mol. The maximum Gasteiger partial charge on any atom is 0.306 e. The predicted octanol–water partition coefficient (Wildman–Crippen LogP) is 1.43. The molecule has 104 valence electrons. The van der Waals surface area contributed by atoms with Crippen molar-refractivity contribution in [3.05, 3.63) is 0 Å². The first-order chi connectivity index (χ1) is 8.48. The molecule has 0 radical (unpaired) electrons. The van der Waals surface area contributed by atoms with Crippen LogP contribution in [0.15, 0.2) is 0 Å². The topological polar surface area (TPSA) is 60.8 Å². The second-order valence-corrected chi connectivity index (χ2v) is 7.30. The number of aliphatic hydroxyl groups is 1. The monoisotopic (exact) mass is 273 g/mol. The zero-order valence-electron chi connectivity index (χ0n) is 11.0. The Morgan fingerprint density at radius 2 is 2.11 bits per heavy atom. The molecule has 1 aliphatic heterocycles. The molecule has 0 aromatic heterocycles. The quantitative estimate of drug-likeness (QED) is 0.814. The number of β-amino-alcohol motifs (C(OH)–C–C–N with tert-alkyl or cyclic N) is 1. The van der Waals surface area contributed by atoms with Crippen LogP contribution in [0.3, 0.4) is 0 Å². The van der Waals surface area contributed by atoms with Gasteiger partial charge >= 0.3 is 5.97 Å². The number of thioether (sulfide) groups is 1. The Morgan fingerprint density at radius 3 is 2.67 bits per heavy atom. The summed E-state index contributed by atoms with van der Waals surface area (Å²) in [6, 6.07) is 0. The molecule has 1 atom stereocenters. The van der Waals surface area contributed by atoms with Gasteiger partial charge in [0, 0.05) is 30.6 Å². The molecule has 18 heavy (non-hydrogen) atoms. The maximum absolute atomic E-state index is 10.9. The fourth-order valence-corrected chi connectivity index (χ4v) is 4.09. The Bertz CT molecular complexity index is 303. The number of carboxylic acids is 1. The predicted molar refractivity (Wildman–Crippen MR) is 72.9 cm³/mol. The SMILES string of the molecule is CC1CN(CC2(O)CCC(C(=O)O)CC2)CCS1. The molecule has 0 aromatic rings. The summed E-state index contributed by atoms with van der Waals surface area (Å²) in [6.45, 7) is 5.02. The van der Waals surface area contributed by atoms with E-state index in [0.717, 1.165) is 18.8 Å². The highest BCUT2D eigenvalue weighted by Gasteiger charge is 2.37. The van der Waals surface area contributed by atoms with Gasteiger partial charge in [-0.05, 0) is 25.7 Å². The summed E-state index contributed by atoms with van der Waals surface area (Å²) in [4.78, 5) is 13.2. The number of rotatable bonds is 3. The summed E-state index contributed by atoms with van der Waals surface area (Å²) in [5, 5.41) is 20.2. The first-order valence-electron chi connectivity index (χ1n) is 6.78. The molecule has 0 spiro atoms. The lowest BCUT2D eigenvalue weighted by molar-refractivity contribution is -0.145. The lowest BCUT2D eigenvalue weighted by Gasteiger charge is -2.40. The van der Waals surface area contributed by atoms with Crippen LogP contribution in [0.25, 0.3) is 0 Å². The average molecular weight is 273 g/mol. The second kappa shape index (κ2) is 5.80. The number of hydrogen-bond acceptors (Lipinski definition) is 4. The van der Waals surface area contributed by atoms with Crippen molar-refractivity contribution in [1.29, 1.82) is 0 Å². The van der Waals surface area contributed by atoms with Crippen molar-refractivity contribution in [1.82, 2.24) is 4.90 Å². The Labute approximate surface area is 113 Å². The second-order valence-electron chi connectivity index (χ2n) is 5.75. The van der Waals surface area contributed by atoms with Crippen LogP contribution in [0.1, 0.15) is 32.6 Å². The van der Waals surface area contributed by atoms with E-state index in [1.54, 1.807) is 0 Å². The van der Waals surface area contributed by atoms with Crippen molar-refractivity contribution in [2.24, 2.45) is 5.92 Å². The number of carboxylic acid groups (broad SMARTS) is 1. The summed E-state index contributed by atoms with van der Waals surface area (Å²) < 4.78 is 0. The molecule has 1 heterocycles. The third-order valence-corrected chi connectivity index (χ3v) is 5.25. The fourth-order valence-electron chi connectivity index (χ4n) is 3.01. The number of carbonyl (C=O) groups is 1. The average Bonchev–Trinajstić information content (AvgIpc) is 2.29. The summed E-state index contributed by atoms with van der Waals surface area (Å²) >= 11 is 1.99. The molecule has 2 rings (SSSR count). The fraction of sp³-hybridized carbons (Fsp3) is 0.923. The molecule has 1 aliphatic carbocycles. The van der Waals surface area contributed by atoms with Crippen molar-refractivity contribution in [2.75, 3.05) is 25.4 Å². The van der Waals surface area contributed by atoms with Crippen LogP contribution in [0, 0.1) is 5.92 Å². The molecule has 2 fully saturated rings. The van der Waals surface area contributed by atoms with Crippen molar-refractivity contribution >= 4 is 17.7 Å². The zero-order chi connectivity index (χ0) is 13.2. The summed E-state index contributed by atoms with van der Waals surface area (Å²) in [6.07, 6.45) is 2.48. The normalized spacial score (nSPS) is 38.6. The molecule has 2 N–H and O–H groups in total. The number of nitrogens with zero attached hydrogens (tertiary/aromatic N) is 1. The lowest BCUT2D eigenvalue weighted by Crippen LogP contribution is -2.49. The third kappa shape index (κ3) is 3.62. The van der Waals surface area contributed by atoms with Crippen LogP contribution in [0.2, 0.25) is 0 Å². The van der Waals surface area contributed by atoms with Crippen LogP contribution in [0.4, 0.5) is 0 Å². The molecule has 1 saturated heterocycles. The summed E-state index contributed by atoms with van der Waals surface area (Å²) in [5.74, 6) is 0.177. The molecular formula is C13H23NO3S. The molecule has 1 saturated carbocycles. The molecule has 0 amide bonds. The van der Waals surface area contributed by atoms with E-state index >= 15 is 0 Å². The summed E-state index contributed by atoms with van der Waals surface area (Å²) in [7, 11) is 0. The van der Waals surface area contributed by atoms with Gasteiger partial charge in [0.2, 0.25) is 0 Å². The van der Waals surface area contributed by atoms with Crippen molar-refractivity contribution in [3.8, 4) is 0 Å². The Kier molecular flexibility index (Phi) is 4.56. The minimum absolute atomic E-state index is 0.249. The van der Waals surface area contributed by atoms with E-state index in [-0.39, 0.29) is 5.92 Å². The lowest BCUT2D eigenvalue weighted by atomic mass is 9.78. The van der Waals surface area contributed by atoms with Crippen LogP contribution in [-0.2, 0) is 4.79 Å². The van der Waals surface area contributed by atoms with E-state index in [1.165, 1.54) is 0 Å². The molecule has 4 nitrogen and oxygen atoms in total. The van der Waals surface area contributed by atoms with Crippen LogP contribution >= 0.6 is 11.8 Å². The van der Waals surface area contributed by atoms with Gasteiger partial charge < -0.3 is 10.2 Å². The van der Waals surface area contributed by atoms with Crippen molar-refractivity contribution in [2.45, 2.75) is 43.5 Å². The van der Waals surface area contributed by atoms with Gasteiger partial charge in [-0.1, -0.05) is 6.92 Å². The first-order valence-corrected chi connectivity index (χ1v) is 7.82. The minimum atomic E-state index is -0.708. The molecule has 2 aliphatic rings. The minimum Gasteiger partial charge on any atom is -0.481 e. The zero-order valence-corrected chi connectivity index (χ0v) is 11.8. The highest BCUT2D eigenvalue weighted by Crippen LogP contribution is 2.33. The Hall–Kier alpha value is -0.260. The highest BCUT2D eigenvalue weighted by molar-refractivity contribution is 7.99. The smallest absolute Gasteiger partial charge is 0.306 e. The summed E-state index contributed by atoms with van der Waals surface area (Å²) in [5.41, 5.74) is -0.659. The van der Waals surface area contributed by atoms with Crippen molar-refractivity contribution in [3.63, 3.8) is 0 Å². The molecule has 0 aromatic carbocycles. The van der Waals surface area contributed by atoms with E-state index in [4.69, 9.17) is 5.11 Å². The largest absolute Gasteiger partial charge is 0.481 e. The molecule has 5 heteroatoms. The van der Waals surface area contributed by atoms with Gasteiger partial charge in [0.05, 0.1) is 11.5 Å². The van der Waals surface area contributed by atoms with E-state index in [2.05, 4.69) is 11.8 Å². The molecule has 1 unspecified atom stereocenters. The van der Waals surface area contributed by atoms with Gasteiger partial charge in [-0.3, -0.25) is 9.69 Å². The van der Waals surface area contributed by atoms with Gasteiger partial charge in [0.1, 0.15) is 0 Å². The first kappa shape index (κ1) is 14.2. The van der Waals surface area contributed by atoms with E-state index in [0.29, 0.717) is 37.5 Å². The van der Waals surface area contributed by atoms with E-state index < -0.39 is 11.6 Å². The van der Waals surface area contributed by atoms with Crippen LogP contribution in [-0.4, -0.2) is 57.3 Å². The maximum atomic E-state index is 10.9. The number of aliphatic carboxylic acids is 1. The van der Waals surface area contributed by atoms with Gasteiger partial charge in [-0.25, -0.2) is 0 Å². The standard InChI is InChI=1S/C13H23NO3S/c1-10-8-14(6-7-18-10)9-13(17)4-2-11(3-5-13)12(15)16/h10-11,17H,2-9H2,1H3,(H,15,16). The Balaban J connectivity index is 1.83. The third-order valence-electron chi connectivity index (χ3n) is 4.11. The molecule has 0 bridgehead atoms. The van der Waals surface area contributed by atoms with Gasteiger partial charge in [0.15, 0.2) is 0 Å². The van der Waals surface area contributed by atoms with Gasteiger partial charge in [0.25, 0.3) is 0 Å². The van der Waals surface area contributed by atoms with Crippen molar-refractivity contribution < 1.29 is 15.0 Å². The van der Waals surface area contributed by atoms with E-state index in [9.17, 15) is 9.90 Å². The van der Waals surface area contributed by atoms with Gasteiger partial charge in [-0.15, -0.1) is 0 Å². The van der Waals surface area contributed by atoms with E-state index in [1.807, 2.05) is 11.8 Å². The van der Waals surface area contributed by atoms with Crippen LogP contribution in [0.5, 0.6) is 0 Å². The van der Waals surface area contributed by atoms with Crippen LogP contribution < -0.4 is 0 Å². The Morgan fingerprint density at radius 1 is 1.44 bits per heavy atom.